The van der Waals surface area contributed by atoms with Gasteiger partial charge in [-0.2, -0.15) is 0 Å². The minimum atomic E-state index is -1.26. The largest absolute Gasteiger partial charge is 0.389 e. The Morgan fingerprint density at radius 2 is 2.06 bits per heavy atom. The second-order valence-electron chi connectivity index (χ2n) is 4.36. The average molecular weight is 238 g/mol. The molecule has 2 aliphatic rings. The van der Waals surface area contributed by atoms with Crippen LogP contribution in [0.3, 0.4) is 0 Å². The highest BCUT2D eigenvalue weighted by Gasteiger charge is 2.67. The second kappa shape index (κ2) is 3.65. The van der Waals surface area contributed by atoms with Gasteiger partial charge in [-0.15, -0.1) is 0 Å². The first-order valence-electron chi connectivity index (χ1n) is 5.58. The first kappa shape index (κ1) is 10.4. The van der Waals surface area contributed by atoms with Gasteiger partial charge in [0.2, 0.25) is 0 Å². The van der Waals surface area contributed by atoms with Gasteiger partial charge in [0.25, 0.3) is 0 Å². The van der Waals surface area contributed by atoms with Crippen LogP contribution in [-0.2, 0) is 15.5 Å². The van der Waals surface area contributed by atoms with Gasteiger partial charge in [-0.05, 0) is 31.4 Å². The number of epoxide rings is 1. The van der Waals surface area contributed by atoms with Crippen LogP contribution in [0.2, 0.25) is 0 Å². The molecule has 0 aromatic heterocycles. The summed E-state index contributed by atoms with van der Waals surface area (Å²) in [6, 6.07) is 9.25. The van der Waals surface area contributed by atoms with E-state index in [2.05, 4.69) is 0 Å². The van der Waals surface area contributed by atoms with Crippen LogP contribution in [0.1, 0.15) is 19.3 Å². The summed E-state index contributed by atoms with van der Waals surface area (Å²) < 4.78 is 17.9. The van der Waals surface area contributed by atoms with Crippen molar-refractivity contribution in [3.8, 4) is 0 Å². The van der Waals surface area contributed by atoms with Crippen molar-refractivity contribution in [3.63, 3.8) is 0 Å². The molecule has 3 rings (SSSR count). The van der Waals surface area contributed by atoms with Crippen LogP contribution in [0.4, 0.5) is 0 Å². The lowest BCUT2D eigenvalue weighted by Gasteiger charge is -2.22. The number of benzene rings is 1. The van der Waals surface area contributed by atoms with E-state index >= 15 is 0 Å². The molecule has 0 amide bonds. The van der Waals surface area contributed by atoms with E-state index in [0.717, 1.165) is 17.7 Å². The summed E-state index contributed by atoms with van der Waals surface area (Å²) in [5.74, 6) is 0. The number of rotatable bonds is 2. The monoisotopic (exact) mass is 238 g/mol. The minimum Gasteiger partial charge on any atom is -0.389 e. The molecule has 1 heterocycles. The summed E-state index contributed by atoms with van der Waals surface area (Å²) in [5.41, 5.74) is 0. The molecule has 0 spiro atoms. The van der Waals surface area contributed by atoms with Crippen molar-refractivity contribution in [1.82, 2.24) is 0 Å². The fraction of sp³-hybridized carbons (Fsp3) is 0.500. The standard InChI is InChI=1S/C12H14O3S/c13-10-7-4-8-11-12(10,15-11)16(14)9-5-2-1-3-6-9/h1-3,5-6,10-11,13H,4,7-8H2/t10-,11+,12+,16?/m0/s1. The Labute approximate surface area is 96.9 Å². The van der Waals surface area contributed by atoms with E-state index in [4.69, 9.17) is 4.74 Å². The fourth-order valence-electron chi connectivity index (χ4n) is 2.45. The van der Waals surface area contributed by atoms with Gasteiger partial charge in [0.1, 0.15) is 6.10 Å². The Balaban J connectivity index is 1.91. The fourth-order valence-corrected chi connectivity index (χ4v) is 4.15. The molecule has 1 saturated carbocycles. The van der Waals surface area contributed by atoms with E-state index in [9.17, 15) is 9.32 Å². The molecule has 1 aliphatic carbocycles. The first-order valence-corrected chi connectivity index (χ1v) is 6.73. The lowest BCUT2D eigenvalue weighted by atomic mass is 9.97. The van der Waals surface area contributed by atoms with Gasteiger partial charge in [-0.1, -0.05) is 18.2 Å². The third kappa shape index (κ3) is 1.37. The SMILES string of the molecule is O=S(c1ccccc1)[C@@]12O[C@@H]1CCC[C@@H]2O. The number of aliphatic hydroxyl groups is 1. The molecule has 3 nitrogen and oxygen atoms in total. The average Bonchev–Trinajstić information content (AvgIpc) is 3.06. The molecular weight excluding hydrogens is 224 g/mol. The lowest BCUT2D eigenvalue weighted by Crippen LogP contribution is -2.39. The molecule has 1 aromatic carbocycles. The van der Waals surface area contributed by atoms with Crippen molar-refractivity contribution in [1.29, 1.82) is 0 Å². The number of fused-ring (bicyclic) bond motifs is 1. The summed E-state index contributed by atoms with van der Waals surface area (Å²) in [6.07, 6.45) is 1.95. The van der Waals surface area contributed by atoms with Crippen LogP contribution < -0.4 is 0 Å². The first-order chi connectivity index (χ1) is 7.75. The Hall–Kier alpha value is -0.710. The van der Waals surface area contributed by atoms with Crippen LogP contribution in [0.25, 0.3) is 0 Å². The number of hydrogen-bond acceptors (Lipinski definition) is 3. The van der Waals surface area contributed by atoms with Gasteiger partial charge >= 0.3 is 0 Å². The van der Waals surface area contributed by atoms with Crippen LogP contribution >= 0.6 is 0 Å². The van der Waals surface area contributed by atoms with E-state index in [1.807, 2.05) is 30.3 Å². The molecule has 4 atom stereocenters. The van der Waals surface area contributed by atoms with Gasteiger partial charge in [0.15, 0.2) is 4.93 Å². The molecule has 16 heavy (non-hydrogen) atoms. The Morgan fingerprint density at radius 3 is 2.75 bits per heavy atom. The van der Waals surface area contributed by atoms with Gasteiger partial charge in [-0.25, -0.2) is 0 Å². The van der Waals surface area contributed by atoms with Gasteiger partial charge in [-0.3, -0.25) is 4.21 Å². The van der Waals surface area contributed by atoms with Gasteiger partial charge in [0, 0.05) is 4.90 Å². The second-order valence-corrected chi connectivity index (χ2v) is 6.00. The third-order valence-corrected chi connectivity index (χ3v) is 5.28. The molecule has 0 radical (unpaired) electrons. The highest BCUT2D eigenvalue weighted by Crippen LogP contribution is 2.51. The van der Waals surface area contributed by atoms with Crippen LogP contribution in [0.5, 0.6) is 0 Å². The summed E-state index contributed by atoms with van der Waals surface area (Å²) in [6.45, 7) is 0. The van der Waals surface area contributed by atoms with Crippen LogP contribution in [-0.4, -0.2) is 26.5 Å². The highest BCUT2D eigenvalue weighted by molar-refractivity contribution is 7.86. The third-order valence-electron chi connectivity index (χ3n) is 3.37. The smallest absolute Gasteiger partial charge is 0.199 e. The van der Waals surface area contributed by atoms with E-state index < -0.39 is 21.8 Å². The van der Waals surface area contributed by atoms with Crippen molar-refractivity contribution in [2.45, 2.75) is 41.3 Å². The van der Waals surface area contributed by atoms with Crippen molar-refractivity contribution in [2.24, 2.45) is 0 Å². The maximum Gasteiger partial charge on any atom is 0.199 e. The molecule has 1 unspecified atom stereocenters. The van der Waals surface area contributed by atoms with E-state index in [0.29, 0.717) is 6.42 Å². The summed E-state index contributed by atoms with van der Waals surface area (Å²) in [7, 11) is -1.26. The molecule has 1 aliphatic heterocycles. The maximum atomic E-state index is 12.4. The maximum absolute atomic E-state index is 12.4. The Bertz CT molecular complexity index is 420. The minimum absolute atomic E-state index is 0.0164. The number of ether oxygens (including phenoxy) is 1. The van der Waals surface area contributed by atoms with E-state index in [1.165, 1.54) is 0 Å². The van der Waals surface area contributed by atoms with Crippen molar-refractivity contribution in [3.05, 3.63) is 30.3 Å². The molecule has 1 saturated heterocycles. The van der Waals surface area contributed by atoms with Crippen molar-refractivity contribution < 1.29 is 14.1 Å². The van der Waals surface area contributed by atoms with E-state index in [-0.39, 0.29) is 6.10 Å². The molecular formula is C12H14O3S. The quantitative estimate of drug-likeness (QED) is 0.793. The zero-order valence-electron chi connectivity index (χ0n) is 8.83. The number of hydrogen-bond donors (Lipinski definition) is 1. The normalized spacial score (nSPS) is 38.8. The van der Waals surface area contributed by atoms with Crippen molar-refractivity contribution in [2.75, 3.05) is 0 Å². The molecule has 4 heteroatoms. The molecule has 1 N–H and O–H groups in total. The zero-order chi connectivity index (χ0) is 11.2. The summed E-state index contributed by atoms with van der Waals surface area (Å²) in [4.78, 5) is -0.0643. The topological polar surface area (TPSA) is 49.8 Å². The predicted octanol–water partition coefficient (Wildman–Crippen LogP) is 1.43. The van der Waals surface area contributed by atoms with Crippen molar-refractivity contribution >= 4 is 10.8 Å². The lowest BCUT2D eigenvalue weighted by molar-refractivity contribution is 0.107. The van der Waals surface area contributed by atoms with Crippen LogP contribution in [0, 0.1) is 0 Å². The molecule has 2 fully saturated rings. The van der Waals surface area contributed by atoms with Gasteiger partial charge in [0.05, 0.1) is 16.9 Å². The highest BCUT2D eigenvalue weighted by atomic mass is 32.2. The Morgan fingerprint density at radius 1 is 1.31 bits per heavy atom. The summed E-state index contributed by atoms with van der Waals surface area (Å²) in [5, 5.41) is 9.98. The van der Waals surface area contributed by atoms with Gasteiger partial charge < -0.3 is 9.84 Å². The molecule has 0 bridgehead atoms. The Kier molecular flexibility index (Phi) is 2.38. The molecule has 1 aromatic rings. The molecule has 86 valence electrons. The number of aliphatic hydroxyl groups excluding tert-OH is 1. The van der Waals surface area contributed by atoms with Crippen LogP contribution in [0.15, 0.2) is 35.2 Å². The van der Waals surface area contributed by atoms with E-state index in [1.54, 1.807) is 0 Å². The summed E-state index contributed by atoms with van der Waals surface area (Å²) >= 11 is 0. The zero-order valence-corrected chi connectivity index (χ0v) is 9.65. The predicted molar refractivity (Wildman–Crippen MR) is 60.3 cm³/mol.